The first-order valence-electron chi connectivity index (χ1n) is 9.67. The van der Waals surface area contributed by atoms with Crippen LogP contribution in [0, 0.1) is 13.8 Å². The molecule has 31 heavy (non-hydrogen) atoms. The van der Waals surface area contributed by atoms with Crippen molar-refractivity contribution in [1.82, 2.24) is 19.4 Å². The minimum Gasteiger partial charge on any atom is -0.271 e. The molecule has 12 heteroatoms. The van der Waals surface area contributed by atoms with Gasteiger partial charge < -0.3 is 0 Å². The van der Waals surface area contributed by atoms with E-state index >= 15 is 0 Å². The van der Waals surface area contributed by atoms with Crippen LogP contribution in [0.2, 0.25) is 5.02 Å². The molecule has 0 saturated heterocycles. The Labute approximate surface area is 183 Å². The molecule has 0 unspecified atom stereocenters. The van der Waals surface area contributed by atoms with Crippen LogP contribution in [0.25, 0.3) is 10.2 Å². The van der Waals surface area contributed by atoms with Crippen molar-refractivity contribution in [3.8, 4) is 0 Å². The number of carbonyl (C=O) groups is 1. The zero-order chi connectivity index (χ0) is 22.7. The fourth-order valence-corrected chi connectivity index (χ4v) is 5.34. The van der Waals surface area contributed by atoms with Crippen molar-refractivity contribution in [1.29, 1.82) is 0 Å². The molecule has 166 valence electrons. The van der Waals surface area contributed by atoms with E-state index in [1.807, 2.05) is 0 Å². The lowest BCUT2D eigenvalue weighted by Crippen LogP contribution is -2.39. The zero-order valence-corrected chi connectivity index (χ0v) is 18.5. The molecule has 0 fully saturated rings. The maximum atomic E-state index is 13.2. The highest BCUT2D eigenvalue weighted by molar-refractivity contribution is 7.18. The summed E-state index contributed by atoms with van der Waals surface area (Å²) >= 11 is 7.27. The maximum absolute atomic E-state index is 13.2. The van der Waals surface area contributed by atoms with E-state index in [0.29, 0.717) is 10.2 Å². The number of aryl methyl sites for hydroxylation is 3. The van der Waals surface area contributed by atoms with Crippen LogP contribution in [-0.2, 0) is 23.8 Å². The van der Waals surface area contributed by atoms with Gasteiger partial charge in [0.1, 0.15) is 16.7 Å². The van der Waals surface area contributed by atoms with Gasteiger partial charge >= 0.3 is 6.18 Å². The van der Waals surface area contributed by atoms with E-state index < -0.39 is 34.4 Å². The Kier molecular flexibility index (Phi) is 5.37. The number of hydrogen-bond donors (Lipinski definition) is 1. The summed E-state index contributed by atoms with van der Waals surface area (Å²) in [6.45, 7) is 4.31. The van der Waals surface area contributed by atoms with Gasteiger partial charge in [-0.05, 0) is 52.0 Å². The number of rotatable bonds is 3. The molecule has 0 radical (unpaired) electrons. The summed E-state index contributed by atoms with van der Waals surface area (Å²) in [6.07, 6.45) is -1.02. The number of aromatic nitrogens is 4. The van der Waals surface area contributed by atoms with E-state index in [1.54, 1.807) is 6.92 Å². The molecule has 0 aliphatic heterocycles. The number of carbonyl (C=O) groups excluding carboxylic acids is 1. The van der Waals surface area contributed by atoms with E-state index in [2.05, 4.69) is 15.5 Å². The predicted octanol–water partition coefficient (Wildman–Crippen LogP) is 4.15. The van der Waals surface area contributed by atoms with Gasteiger partial charge in [0.2, 0.25) is 0 Å². The Morgan fingerprint density at radius 3 is 2.58 bits per heavy atom. The van der Waals surface area contributed by atoms with Crippen LogP contribution < -0.4 is 11.0 Å². The molecule has 4 rings (SSSR count). The van der Waals surface area contributed by atoms with Gasteiger partial charge in [-0.15, -0.1) is 11.3 Å². The monoisotopic (exact) mass is 473 g/mol. The van der Waals surface area contributed by atoms with Crippen molar-refractivity contribution >= 4 is 39.1 Å². The molecule has 7 nitrogen and oxygen atoms in total. The number of nitrogens with one attached hydrogen (secondary N) is 1. The van der Waals surface area contributed by atoms with E-state index in [9.17, 15) is 22.8 Å². The SMILES string of the molecule is Cc1c(Cl)c(C(F)(F)F)nn1[C@@H](C)C(=O)Nn1c(C)nc2sc3c(c2c1=O)CCCC3. The first-order chi connectivity index (χ1) is 14.5. The zero-order valence-electron chi connectivity index (χ0n) is 16.9. The lowest BCUT2D eigenvalue weighted by Gasteiger charge is -2.17. The molecule has 1 amide bonds. The van der Waals surface area contributed by atoms with Crippen LogP contribution in [0.1, 0.15) is 53.5 Å². The Morgan fingerprint density at radius 1 is 1.26 bits per heavy atom. The second-order valence-corrected chi connectivity index (χ2v) is 8.99. The van der Waals surface area contributed by atoms with E-state index in [0.717, 1.165) is 45.5 Å². The molecule has 1 aliphatic rings. The highest BCUT2D eigenvalue weighted by atomic mass is 35.5. The Balaban J connectivity index is 1.70. The number of nitrogens with zero attached hydrogens (tertiary/aromatic N) is 4. The summed E-state index contributed by atoms with van der Waals surface area (Å²) in [4.78, 5) is 32.2. The summed E-state index contributed by atoms with van der Waals surface area (Å²) in [6, 6.07) is -1.15. The summed E-state index contributed by atoms with van der Waals surface area (Å²) in [7, 11) is 0. The van der Waals surface area contributed by atoms with Crippen LogP contribution in [-0.4, -0.2) is 25.3 Å². The van der Waals surface area contributed by atoms with Crippen LogP contribution in [0.3, 0.4) is 0 Å². The van der Waals surface area contributed by atoms with Crippen LogP contribution in [0.15, 0.2) is 4.79 Å². The van der Waals surface area contributed by atoms with E-state index in [1.165, 1.54) is 25.2 Å². The molecule has 3 heterocycles. The van der Waals surface area contributed by atoms with Crippen LogP contribution in [0.5, 0.6) is 0 Å². The molecular formula is C19H19ClF3N5O2S. The summed E-state index contributed by atoms with van der Waals surface area (Å²) < 4.78 is 41.3. The van der Waals surface area contributed by atoms with E-state index in [-0.39, 0.29) is 11.5 Å². The minimum absolute atomic E-state index is 0.00110. The maximum Gasteiger partial charge on any atom is 0.436 e. The Bertz CT molecular complexity index is 1260. The first-order valence-corrected chi connectivity index (χ1v) is 10.9. The molecule has 1 atom stereocenters. The van der Waals surface area contributed by atoms with Crippen molar-refractivity contribution in [2.24, 2.45) is 0 Å². The molecule has 3 aromatic heterocycles. The van der Waals surface area contributed by atoms with Crippen molar-refractivity contribution in [3.05, 3.63) is 43.0 Å². The molecule has 1 N–H and O–H groups in total. The Morgan fingerprint density at radius 2 is 1.94 bits per heavy atom. The number of halogens is 4. The smallest absolute Gasteiger partial charge is 0.271 e. The fourth-order valence-electron chi connectivity index (χ4n) is 3.81. The van der Waals surface area contributed by atoms with Crippen LogP contribution >= 0.6 is 22.9 Å². The van der Waals surface area contributed by atoms with Gasteiger partial charge in [0.25, 0.3) is 11.5 Å². The largest absolute Gasteiger partial charge is 0.436 e. The number of hydrogen-bond acceptors (Lipinski definition) is 5. The first kappa shape index (κ1) is 21.8. The summed E-state index contributed by atoms with van der Waals surface area (Å²) in [5.41, 5.74) is 1.81. The molecule has 1 aliphatic carbocycles. The molecule has 0 aromatic carbocycles. The standard InChI is InChI=1S/C19H19ClF3N5O2S/c1-8-14(20)15(19(21,22)23)25-27(8)9(2)16(29)26-28-10(3)24-17-13(18(28)30)11-6-4-5-7-12(11)31-17/h9H,4-7H2,1-3H3,(H,26,29)/t9-/m0/s1. The summed E-state index contributed by atoms with van der Waals surface area (Å²) in [5.74, 6) is -0.436. The van der Waals surface area contributed by atoms with Crippen molar-refractivity contribution in [3.63, 3.8) is 0 Å². The third-order valence-electron chi connectivity index (χ3n) is 5.47. The molecule has 0 bridgehead atoms. The average Bonchev–Trinajstić information content (AvgIpc) is 3.21. The number of fused-ring (bicyclic) bond motifs is 3. The van der Waals surface area contributed by atoms with Gasteiger partial charge in [-0.1, -0.05) is 11.6 Å². The molecule has 3 aromatic rings. The van der Waals surface area contributed by atoms with Gasteiger partial charge in [-0.3, -0.25) is 19.7 Å². The minimum atomic E-state index is -4.75. The number of thiophene rings is 1. The average molecular weight is 474 g/mol. The number of amides is 1. The van der Waals surface area contributed by atoms with Crippen molar-refractivity contribution < 1.29 is 18.0 Å². The third-order valence-corrected chi connectivity index (χ3v) is 7.11. The quantitative estimate of drug-likeness (QED) is 0.619. The van der Waals surface area contributed by atoms with Crippen molar-refractivity contribution in [2.45, 2.75) is 58.7 Å². The normalized spacial score (nSPS) is 15.2. The van der Waals surface area contributed by atoms with Gasteiger partial charge in [-0.2, -0.15) is 18.3 Å². The van der Waals surface area contributed by atoms with Gasteiger partial charge in [0, 0.05) is 4.88 Å². The van der Waals surface area contributed by atoms with Crippen molar-refractivity contribution in [2.75, 3.05) is 5.43 Å². The molecule has 0 spiro atoms. The predicted molar refractivity (Wildman–Crippen MR) is 111 cm³/mol. The highest BCUT2D eigenvalue weighted by Crippen LogP contribution is 2.36. The second-order valence-electron chi connectivity index (χ2n) is 7.53. The third kappa shape index (κ3) is 3.63. The van der Waals surface area contributed by atoms with Crippen LogP contribution in [0.4, 0.5) is 13.2 Å². The Hall–Kier alpha value is -2.40. The van der Waals surface area contributed by atoms with Gasteiger partial charge in [-0.25, -0.2) is 9.66 Å². The molecule has 0 saturated carbocycles. The topological polar surface area (TPSA) is 81.8 Å². The lowest BCUT2D eigenvalue weighted by molar-refractivity contribution is -0.141. The number of alkyl halides is 3. The van der Waals surface area contributed by atoms with E-state index in [4.69, 9.17) is 11.6 Å². The molecular weight excluding hydrogens is 455 g/mol. The van der Waals surface area contributed by atoms with Gasteiger partial charge in [0.05, 0.1) is 16.1 Å². The second kappa shape index (κ2) is 7.63. The van der Waals surface area contributed by atoms with Gasteiger partial charge in [0.15, 0.2) is 5.69 Å². The fraction of sp³-hybridized carbons (Fsp3) is 0.474. The lowest BCUT2D eigenvalue weighted by atomic mass is 9.97. The summed E-state index contributed by atoms with van der Waals surface area (Å²) in [5, 5.41) is 3.42. The highest BCUT2D eigenvalue weighted by Gasteiger charge is 2.39.